The van der Waals surface area contributed by atoms with E-state index in [1.165, 1.54) is 57.8 Å². The second-order valence-electron chi connectivity index (χ2n) is 19.2. The summed E-state index contributed by atoms with van der Waals surface area (Å²) >= 11 is 0. The molecule has 0 saturated heterocycles. The molecule has 318 valence electrons. The number of benzene rings is 2. The predicted octanol–water partition coefficient (Wildman–Crippen LogP) is 12.7. The highest BCUT2D eigenvalue weighted by Crippen LogP contribution is 2.43. The lowest BCUT2D eigenvalue weighted by Crippen LogP contribution is -2.70. The number of ketones is 1. The lowest BCUT2D eigenvalue weighted by Gasteiger charge is -2.47. The lowest BCUT2D eigenvalue weighted by molar-refractivity contribution is -0.128. The van der Waals surface area contributed by atoms with Gasteiger partial charge in [0.25, 0.3) is 8.32 Å². The molecule has 0 bridgehead atoms. The van der Waals surface area contributed by atoms with E-state index in [4.69, 9.17) is 13.6 Å². The van der Waals surface area contributed by atoms with Crippen LogP contribution in [0.15, 0.2) is 60.7 Å². The first-order chi connectivity index (χ1) is 26.3. The van der Waals surface area contributed by atoms with Crippen LogP contribution in [0.3, 0.4) is 0 Å². The molecule has 2 rings (SSSR count). The fourth-order valence-electron chi connectivity index (χ4n) is 8.93. The molecular weight excluding hydrogens is 727 g/mol. The van der Waals surface area contributed by atoms with Gasteiger partial charge in [0.1, 0.15) is 11.7 Å². The minimum absolute atomic E-state index is 0.0145. The van der Waals surface area contributed by atoms with Gasteiger partial charge in [-0.2, -0.15) is 0 Å². The molecule has 6 nitrogen and oxygen atoms in total. The molecule has 0 fully saturated rings. The Labute approximate surface area is 346 Å². The Balaban J connectivity index is 2.59. The standard InChI is InChI=1S/C48H83NO5Si2/c1-14-15-16-17-18-19-20-21-22-23-24-31-36-44(50)45(54-56(48(11,12)13,41-32-27-25-28-33-41)42-34-29-26-30-35-42)43(49-46(51)53-47(8,9)10)37-52-55(38(2)3,39(4)5)40(6)7/h25-30,32-35,38-40,43,45H,14-24,31,36-37H2,1-13H3,(H,49,51)/t43-,45-/m0/s1. The molecule has 0 aliphatic carbocycles. The number of rotatable bonds is 26. The summed E-state index contributed by atoms with van der Waals surface area (Å²) < 4.78 is 20.8. The molecule has 2 atom stereocenters. The Morgan fingerprint density at radius 1 is 0.625 bits per heavy atom. The summed E-state index contributed by atoms with van der Waals surface area (Å²) in [6.45, 7) is 28.3. The van der Waals surface area contributed by atoms with Crippen LogP contribution in [0, 0.1) is 0 Å². The van der Waals surface area contributed by atoms with Gasteiger partial charge < -0.3 is 18.9 Å². The van der Waals surface area contributed by atoms with Crippen LogP contribution >= 0.6 is 0 Å². The maximum absolute atomic E-state index is 15.0. The number of ether oxygens (including phenoxy) is 1. The predicted molar refractivity (Wildman–Crippen MR) is 243 cm³/mol. The average molecular weight is 810 g/mol. The molecule has 56 heavy (non-hydrogen) atoms. The summed E-state index contributed by atoms with van der Waals surface area (Å²) in [7, 11) is -5.62. The fourth-order valence-corrected chi connectivity index (χ4v) is 19.1. The number of unbranched alkanes of at least 4 members (excludes halogenated alkanes) is 11. The minimum Gasteiger partial charge on any atom is -0.444 e. The van der Waals surface area contributed by atoms with Crippen LogP contribution in [0.25, 0.3) is 0 Å². The average Bonchev–Trinajstić information content (AvgIpc) is 3.11. The minimum atomic E-state index is -3.22. The van der Waals surface area contributed by atoms with Crippen LogP contribution in [0.4, 0.5) is 4.79 Å². The zero-order valence-corrected chi connectivity index (χ0v) is 40.1. The molecule has 0 radical (unpaired) electrons. The number of alkyl carbamates (subject to hydrolysis) is 1. The van der Waals surface area contributed by atoms with E-state index < -0.39 is 40.5 Å². The third-order valence-corrected chi connectivity index (χ3v) is 22.7. The zero-order chi connectivity index (χ0) is 42.0. The first-order valence-electron chi connectivity index (χ1n) is 22.3. The van der Waals surface area contributed by atoms with E-state index in [1.807, 2.05) is 32.9 Å². The number of carbonyl (C=O) groups is 2. The van der Waals surface area contributed by atoms with E-state index >= 15 is 0 Å². The van der Waals surface area contributed by atoms with Crippen molar-refractivity contribution in [2.45, 2.75) is 213 Å². The SMILES string of the molecule is CCCCCCCCCCCCCCC(=O)[C@@H](O[Si](c1ccccc1)(c1ccccc1)C(C)(C)C)[C@H](CO[Si](C(C)C)(C(C)C)C(C)C)NC(=O)OC(C)(C)C. The van der Waals surface area contributed by atoms with Crippen LogP contribution in [0.1, 0.15) is 173 Å². The van der Waals surface area contributed by atoms with E-state index in [0.29, 0.717) is 23.0 Å². The zero-order valence-electron chi connectivity index (χ0n) is 38.1. The van der Waals surface area contributed by atoms with Crippen molar-refractivity contribution in [3.63, 3.8) is 0 Å². The van der Waals surface area contributed by atoms with Gasteiger partial charge in [-0.25, -0.2) is 4.79 Å². The molecule has 2 aromatic rings. The number of amides is 1. The molecule has 8 heteroatoms. The smallest absolute Gasteiger partial charge is 0.408 e. The van der Waals surface area contributed by atoms with E-state index in [0.717, 1.165) is 29.6 Å². The quantitative estimate of drug-likeness (QED) is 0.0757. The molecule has 0 heterocycles. The summed E-state index contributed by atoms with van der Waals surface area (Å²) in [4.78, 5) is 28.8. The van der Waals surface area contributed by atoms with Gasteiger partial charge in [-0.3, -0.25) is 4.79 Å². The van der Waals surface area contributed by atoms with Crippen molar-refractivity contribution >= 4 is 38.9 Å². The van der Waals surface area contributed by atoms with Gasteiger partial charge >= 0.3 is 6.09 Å². The summed E-state index contributed by atoms with van der Waals surface area (Å²) in [6.07, 6.45) is 13.6. The summed E-state index contributed by atoms with van der Waals surface area (Å²) in [5.41, 5.74) is 0.280. The van der Waals surface area contributed by atoms with Crippen LogP contribution in [0.2, 0.25) is 21.7 Å². The Bertz CT molecular complexity index is 1320. The molecule has 0 aliphatic heterocycles. The van der Waals surface area contributed by atoms with E-state index in [2.05, 4.69) is 123 Å². The molecule has 0 saturated carbocycles. The van der Waals surface area contributed by atoms with Crippen molar-refractivity contribution in [1.29, 1.82) is 0 Å². The topological polar surface area (TPSA) is 73.9 Å². The van der Waals surface area contributed by atoms with Crippen molar-refractivity contribution in [2.24, 2.45) is 0 Å². The molecule has 1 amide bonds. The van der Waals surface area contributed by atoms with Gasteiger partial charge in [-0.1, -0.05) is 201 Å². The second kappa shape index (κ2) is 24.0. The first-order valence-corrected chi connectivity index (χ1v) is 26.3. The van der Waals surface area contributed by atoms with Crippen molar-refractivity contribution < 1.29 is 23.2 Å². The van der Waals surface area contributed by atoms with Crippen LogP contribution in [0.5, 0.6) is 0 Å². The monoisotopic (exact) mass is 810 g/mol. The van der Waals surface area contributed by atoms with Crippen molar-refractivity contribution in [3.8, 4) is 0 Å². The summed E-state index contributed by atoms with van der Waals surface area (Å²) in [5, 5.41) is 5.00. The third kappa shape index (κ3) is 14.8. The van der Waals surface area contributed by atoms with Crippen LogP contribution < -0.4 is 15.7 Å². The number of carbonyl (C=O) groups excluding carboxylic acids is 2. The maximum atomic E-state index is 15.0. The Kier molecular flexibility index (Phi) is 21.3. The number of hydrogen-bond donors (Lipinski definition) is 1. The molecular formula is C48H83NO5Si2. The summed E-state index contributed by atoms with van der Waals surface area (Å²) in [6, 6.07) is 20.2. The van der Waals surface area contributed by atoms with Gasteiger partial charge in [-0.15, -0.1) is 0 Å². The number of hydrogen-bond acceptors (Lipinski definition) is 5. The van der Waals surface area contributed by atoms with Crippen molar-refractivity contribution in [3.05, 3.63) is 60.7 Å². The van der Waals surface area contributed by atoms with Gasteiger partial charge in [-0.05, 0) is 59.2 Å². The molecule has 2 aromatic carbocycles. The molecule has 1 N–H and O–H groups in total. The van der Waals surface area contributed by atoms with Crippen molar-refractivity contribution in [1.82, 2.24) is 5.32 Å². The normalized spacial score (nSPS) is 14.0. The lowest BCUT2D eigenvalue weighted by atomic mass is 10.0. The fraction of sp³-hybridized carbons (Fsp3) is 0.708. The molecule has 0 spiro atoms. The third-order valence-electron chi connectivity index (χ3n) is 11.6. The highest BCUT2D eigenvalue weighted by Gasteiger charge is 2.54. The van der Waals surface area contributed by atoms with E-state index in [1.54, 1.807) is 0 Å². The maximum Gasteiger partial charge on any atom is 0.408 e. The van der Waals surface area contributed by atoms with E-state index in [-0.39, 0.29) is 17.4 Å². The first kappa shape index (κ1) is 49.9. The Hall–Kier alpha value is -2.27. The van der Waals surface area contributed by atoms with Crippen molar-refractivity contribution in [2.75, 3.05) is 6.61 Å². The number of Topliss-reactive ketones (excluding diaryl/α,β-unsaturated/α-hetero) is 1. The van der Waals surface area contributed by atoms with Crippen LogP contribution in [-0.4, -0.2) is 52.9 Å². The van der Waals surface area contributed by atoms with Gasteiger partial charge in [0, 0.05) is 6.42 Å². The van der Waals surface area contributed by atoms with Gasteiger partial charge in [0.15, 0.2) is 14.1 Å². The van der Waals surface area contributed by atoms with Crippen LogP contribution in [-0.2, 0) is 18.4 Å². The molecule has 0 aromatic heterocycles. The second-order valence-corrected chi connectivity index (χ2v) is 28.9. The Morgan fingerprint density at radius 3 is 1.41 bits per heavy atom. The largest absolute Gasteiger partial charge is 0.444 e. The van der Waals surface area contributed by atoms with E-state index in [9.17, 15) is 9.59 Å². The highest BCUT2D eigenvalue weighted by molar-refractivity contribution is 6.99. The molecule has 0 unspecified atom stereocenters. The highest BCUT2D eigenvalue weighted by atomic mass is 28.4. The van der Waals surface area contributed by atoms with Gasteiger partial charge in [0.2, 0.25) is 0 Å². The Morgan fingerprint density at radius 2 is 1.04 bits per heavy atom. The molecule has 0 aliphatic rings. The summed E-state index contributed by atoms with van der Waals surface area (Å²) in [5.74, 6) is 0.0145. The number of nitrogens with one attached hydrogen (secondary N) is 1. The van der Waals surface area contributed by atoms with Gasteiger partial charge in [0.05, 0.1) is 12.6 Å².